The van der Waals surface area contributed by atoms with Crippen LogP contribution in [0, 0.1) is 0 Å². The Hall–Kier alpha value is -3.33. The molecule has 0 unspecified atom stereocenters. The number of ether oxygens (including phenoxy) is 1. The van der Waals surface area contributed by atoms with Gasteiger partial charge in [-0.05, 0) is 55.3 Å². The number of alkyl carbamates (subject to hydrolysis) is 1. The van der Waals surface area contributed by atoms with Gasteiger partial charge in [0.05, 0.1) is 21.7 Å². The Kier molecular flexibility index (Phi) is 6.65. The first kappa shape index (κ1) is 23.8. The third-order valence-electron chi connectivity index (χ3n) is 5.41. The van der Waals surface area contributed by atoms with E-state index < -0.39 is 11.7 Å². The molecular formula is C25H29BrN6O2. The summed E-state index contributed by atoms with van der Waals surface area (Å²) in [5, 5.41) is 7.34. The number of halogens is 1. The largest absolute Gasteiger partial charge is 0.444 e. The van der Waals surface area contributed by atoms with Crippen LogP contribution < -0.4 is 16.4 Å². The van der Waals surface area contributed by atoms with Crippen molar-refractivity contribution in [3.63, 3.8) is 0 Å². The first-order valence-electron chi connectivity index (χ1n) is 11.1. The minimum Gasteiger partial charge on any atom is -0.444 e. The number of rotatable bonds is 6. The molecule has 3 aromatic rings. The van der Waals surface area contributed by atoms with Gasteiger partial charge >= 0.3 is 6.09 Å². The molecule has 0 saturated carbocycles. The molecule has 0 radical (unpaired) electrons. The van der Waals surface area contributed by atoms with E-state index in [9.17, 15) is 4.79 Å². The number of benzene rings is 1. The van der Waals surface area contributed by atoms with Crippen molar-refractivity contribution in [3.05, 3.63) is 59.4 Å². The molecule has 34 heavy (non-hydrogen) atoms. The van der Waals surface area contributed by atoms with Crippen molar-refractivity contribution in [1.29, 1.82) is 0 Å². The van der Waals surface area contributed by atoms with Gasteiger partial charge in [0.25, 0.3) is 0 Å². The minimum atomic E-state index is -0.585. The molecule has 9 heteroatoms. The first-order chi connectivity index (χ1) is 16.2. The van der Waals surface area contributed by atoms with E-state index in [2.05, 4.69) is 53.8 Å². The summed E-state index contributed by atoms with van der Waals surface area (Å²) in [6, 6.07) is 9.82. The summed E-state index contributed by atoms with van der Waals surface area (Å²) in [7, 11) is 0. The first-order valence-corrected chi connectivity index (χ1v) is 11.9. The van der Waals surface area contributed by atoms with Gasteiger partial charge in [0.2, 0.25) is 0 Å². The molecular weight excluding hydrogens is 496 g/mol. The van der Waals surface area contributed by atoms with Gasteiger partial charge in [-0.3, -0.25) is 4.98 Å². The summed E-state index contributed by atoms with van der Waals surface area (Å²) in [5.74, 6) is 1.29. The highest BCUT2D eigenvalue weighted by molar-refractivity contribution is 9.10. The lowest BCUT2D eigenvalue weighted by Gasteiger charge is -2.25. The van der Waals surface area contributed by atoms with E-state index in [1.807, 2.05) is 51.2 Å². The van der Waals surface area contributed by atoms with Crippen LogP contribution in [0.2, 0.25) is 0 Å². The number of hydrogen-bond donors (Lipinski definition) is 3. The van der Waals surface area contributed by atoms with Gasteiger partial charge in [-0.15, -0.1) is 6.58 Å². The molecule has 2 aromatic heterocycles. The van der Waals surface area contributed by atoms with Crippen LogP contribution in [0.1, 0.15) is 32.8 Å². The highest BCUT2D eigenvalue weighted by atomic mass is 79.9. The Morgan fingerprint density at radius 1 is 1.38 bits per heavy atom. The molecule has 0 saturated heterocycles. The number of carbonyl (C=O) groups is 1. The van der Waals surface area contributed by atoms with Gasteiger partial charge in [0.1, 0.15) is 23.9 Å². The molecule has 1 atom stereocenters. The average Bonchev–Trinajstić information content (AvgIpc) is 3.05. The Morgan fingerprint density at radius 3 is 2.88 bits per heavy atom. The number of nitrogens with zero attached hydrogens (tertiary/aromatic N) is 3. The Bertz CT molecular complexity index is 1270. The standard InChI is InChI=1S/C25H29BrN6O2/c1-5-8-17(31-24(33)34-25(2,3)4)13-32-21(26)19(20-22(27)29-14-30-23(20)32)16-11-15-9-6-7-10-18(15)28-12-16/h5-7,9-12,17,30H,1,8,13-14H2,2-4H3,(H2,27,29)(H,31,33)/t17-/m1/s1. The maximum Gasteiger partial charge on any atom is 0.407 e. The molecule has 1 aliphatic rings. The number of pyridine rings is 1. The summed E-state index contributed by atoms with van der Waals surface area (Å²) < 4.78 is 8.34. The third-order valence-corrected chi connectivity index (χ3v) is 6.23. The lowest BCUT2D eigenvalue weighted by molar-refractivity contribution is 0.0500. The van der Waals surface area contributed by atoms with Gasteiger partial charge in [-0.1, -0.05) is 24.3 Å². The zero-order valence-corrected chi connectivity index (χ0v) is 21.1. The maximum absolute atomic E-state index is 12.5. The molecule has 0 bridgehead atoms. The number of nitrogens with one attached hydrogen (secondary N) is 2. The summed E-state index contributed by atoms with van der Waals surface area (Å²) in [5.41, 5.74) is 9.33. The Labute approximate surface area is 207 Å². The van der Waals surface area contributed by atoms with Crippen molar-refractivity contribution >= 4 is 44.6 Å². The molecule has 4 N–H and O–H groups in total. The molecule has 1 aromatic carbocycles. The minimum absolute atomic E-state index is 0.246. The van der Waals surface area contributed by atoms with E-state index in [1.165, 1.54) is 0 Å². The number of para-hydroxylation sites is 1. The topological polar surface area (TPSA) is 107 Å². The SMILES string of the molecule is C=CC[C@H](Cn1c(Br)c(-c2cnc3ccccc3c2)c2c1NCN=C2N)NC(=O)OC(C)(C)C. The number of amidine groups is 1. The van der Waals surface area contributed by atoms with Crippen LogP contribution in [0.25, 0.3) is 22.0 Å². The van der Waals surface area contributed by atoms with E-state index >= 15 is 0 Å². The van der Waals surface area contributed by atoms with Crippen molar-refractivity contribution in [2.75, 3.05) is 12.0 Å². The molecule has 8 nitrogen and oxygen atoms in total. The number of nitrogens with two attached hydrogens (primary N) is 1. The van der Waals surface area contributed by atoms with Gasteiger partial charge in [-0.2, -0.15) is 0 Å². The molecule has 0 fully saturated rings. The van der Waals surface area contributed by atoms with Gasteiger partial charge in [0, 0.05) is 29.3 Å². The predicted molar refractivity (Wildman–Crippen MR) is 140 cm³/mol. The highest BCUT2D eigenvalue weighted by Gasteiger charge is 2.29. The van der Waals surface area contributed by atoms with Crippen LogP contribution in [-0.4, -0.2) is 39.8 Å². The lowest BCUT2D eigenvalue weighted by Crippen LogP contribution is -2.41. The fourth-order valence-corrected chi connectivity index (χ4v) is 4.77. The quantitative estimate of drug-likeness (QED) is 0.392. The maximum atomic E-state index is 12.5. The second-order valence-electron chi connectivity index (χ2n) is 9.16. The van der Waals surface area contributed by atoms with Crippen molar-refractivity contribution in [2.45, 2.75) is 45.4 Å². The van der Waals surface area contributed by atoms with Crippen molar-refractivity contribution < 1.29 is 9.53 Å². The van der Waals surface area contributed by atoms with Crippen molar-refractivity contribution in [2.24, 2.45) is 10.7 Å². The molecule has 0 aliphatic carbocycles. The van der Waals surface area contributed by atoms with E-state index in [0.29, 0.717) is 25.5 Å². The fraction of sp³-hybridized carbons (Fsp3) is 0.320. The van der Waals surface area contributed by atoms with Crippen molar-refractivity contribution in [3.8, 4) is 11.1 Å². The molecule has 0 spiro atoms. The van der Waals surface area contributed by atoms with E-state index in [1.54, 1.807) is 6.08 Å². The number of hydrogen-bond acceptors (Lipinski definition) is 6. The van der Waals surface area contributed by atoms with Crippen LogP contribution in [0.5, 0.6) is 0 Å². The van der Waals surface area contributed by atoms with Crippen LogP contribution in [-0.2, 0) is 11.3 Å². The number of aliphatic imine (C=N–C) groups is 1. The molecule has 1 amide bonds. The lowest BCUT2D eigenvalue weighted by atomic mass is 10.0. The molecule has 3 heterocycles. The summed E-state index contributed by atoms with van der Waals surface area (Å²) in [6.07, 6.45) is 3.72. The number of fused-ring (bicyclic) bond motifs is 2. The van der Waals surface area contributed by atoms with Crippen molar-refractivity contribution in [1.82, 2.24) is 14.9 Å². The number of anilines is 1. The summed E-state index contributed by atoms with van der Waals surface area (Å²) in [4.78, 5) is 21.5. The molecule has 4 rings (SSSR count). The predicted octanol–water partition coefficient (Wildman–Crippen LogP) is 5.02. The number of aromatic nitrogens is 2. The third kappa shape index (κ3) is 4.94. The van der Waals surface area contributed by atoms with Crippen LogP contribution >= 0.6 is 15.9 Å². The van der Waals surface area contributed by atoms with E-state index in [-0.39, 0.29) is 6.04 Å². The van der Waals surface area contributed by atoms with Crippen LogP contribution in [0.15, 0.2) is 58.8 Å². The average molecular weight is 525 g/mol. The van der Waals surface area contributed by atoms with E-state index in [0.717, 1.165) is 38.0 Å². The molecule has 1 aliphatic heterocycles. The van der Waals surface area contributed by atoms with E-state index in [4.69, 9.17) is 10.5 Å². The van der Waals surface area contributed by atoms with Gasteiger partial charge in [0.15, 0.2) is 0 Å². The van der Waals surface area contributed by atoms with Gasteiger partial charge in [-0.25, -0.2) is 9.79 Å². The zero-order chi connectivity index (χ0) is 24.5. The fourth-order valence-electron chi connectivity index (χ4n) is 4.02. The Balaban J connectivity index is 1.75. The second-order valence-corrected chi connectivity index (χ2v) is 9.91. The number of carbonyl (C=O) groups excluding carboxylic acids is 1. The smallest absolute Gasteiger partial charge is 0.407 e. The zero-order valence-electron chi connectivity index (χ0n) is 19.6. The summed E-state index contributed by atoms with van der Waals surface area (Å²) >= 11 is 3.80. The van der Waals surface area contributed by atoms with Crippen LogP contribution in [0.3, 0.4) is 0 Å². The molecule has 178 valence electrons. The highest BCUT2D eigenvalue weighted by Crippen LogP contribution is 2.41. The Morgan fingerprint density at radius 2 is 2.15 bits per heavy atom. The monoisotopic (exact) mass is 524 g/mol. The number of amides is 1. The second kappa shape index (κ2) is 9.50. The normalized spacial score (nSPS) is 14.1. The van der Waals surface area contributed by atoms with Crippen LogP contribution in [0.4, 0.5) is 10.6 Å². The van der Waals surface area contributed by atoms with Gasteiger partial charge < -0.3 is 25.7 Å². The summed E-state index contributed by atoms with van der Waals surface area (Å²) in [6.45, 7) is 10.2.